The molecule has 2 aromatic carbocycles. The van der Waals surface area contributed by atoms with E-state index in [4.69, 9.17) is 16.3 Å². The molecule has 1 N–H and O–H groups in total. The van der Waals surface area contributed by atoms with E-state index in [-0.39, 0.29) is 11.9 Å². The minimum atomic E-state index is -0.493. The van der Waals surface area contributed by atoms with Gasteiger partial charge < -0.3 is 15.0 Å². The van der Waals surface area contributed by atoms with Gasteiger partial charge >= 0.3 is 0 Å². The van der Waals surface area contributed by atoms with Crippen molar-refractivity contribution in [1.82, 2.24) is 5.32 Å². The van der Waals surface area contributed by atoms with Crippen LogP contribution in [0.25, 0.3) is 0 Å². The maximum absolute atomic E-state index is 12.8. The van der Waals surface area contributed by atoms with Gasteiger partial charge in [0.25, 0.3) is 5.91 Å². The Labute approximate surface area is 153 Å². The fraction of sp³-hybridized carbons (Fsp3) is 0.350. The molecule has 0 saturated carbocycles. The van der Waals surface area contributed by atoms with Crippen LogP contribution in [0.15, 0.2) is 48.5 Å². The summed E-state index contributed by atoms with van der Waals surface area (Å²) in [6, 6.07) is 15.3. The van der Waals surface area contributed by atoms with Crippen LogP contribution in [0.2, 0.25) is 5.02 Å². The maximum Gasteiger partial charge on any atom is 0.270 e. The number of aryl methyl sites for hydroxylation is 1. The molecule has 1 aliphatic heterocycles. The maximum atomic E-state index is 12.8. The van der Waals surface area contributed by atoms with Crippen molar-refractivity contribution in [1.29, 1.82) is 0 Å². The molecule has 0 radical (unpaired) electrons. The molecular formula is C20H23ClN2O2. The fourth-order valence-corrected chi connectivity index (χ4v) is 3.12. The highest BCUT2D eigenvalue weighted by Crippen LogP contribution is 2.33. The second-order valence-corrected chi connectivity index (χ2v) is 7.05. The Morgan fingerprint density at radius 3 is 2.48 bits per heavy atom. The molecule has 3 rings (SSSR count). The molecule has 132 valence electrons. The second kappa shape index (κ2) is 7.46. The molecule has 1 aliphatic rings. The monoisotopic (exact) mass is 358 g/mol. The summed E-state index contributed by atoms with van der Waals surface area (Å²) in [6.07, 6.45) is -0.493. The molecule has 1 saturated heterocycles. The minimum Gasteiger partial charge on any atom is -0.478 e. The van der Waals surface area contributed by atoms with Gasteiger partial charge in [0, 0.05) is 23.3 Å². The van der Waals surface area contributed by atoms with Gasteiger partial charge in [-0.2, -0.15) is 0 Å². The summed E-state index contributed by atoms with van der Waals surface area (Å²) in [5.41, 5.74) is 2.02. The SMILES string of the molecule is Cc1ccccc1N1C(=O)[C@@H](Oc2ccc(Cl)cc2)[C@H]1CNC(C)C. The number of anilines is 1. The van der Waals surface area contributed by atoms with E-state index in [0.717, 1.165) is 11.3 Å². The number of rotatable bonds is 6. The standard InChI is InChI=1S/C20H23ClN2O2/c1-13(2)22-12-18-19(25-16-10-8-15(21)9-11-16)20(24)23(18)17-7-5-4-6-14(17)3/h4-11,13,18-19,22H,12H2,1-3H3/t18-,19+/m1/s1. The van der Waals surface area contributed by atoms with Crippen LogP contribution in [0, 0.1) is 6.92 Å². The highest BCUT2D eigenvalue weighted by atomic mass is 35.5. The number of halogens is 1. The summed E-state index contributed by atoms with van der Waals surface area (Å²) in [5.74, 6) is 0.640. The van der Waals surface area contributed by atoms with Gasteiger partial charge in [0.2, 0.25) is 0 Å². The molecule has 2 atom stereocenters. The van der Waals surface area contributed by atoms with Gasteiger partial charge in [0.15, 0.2) is 6.10 Å². The van der Waals surface area contributed by atoms with Crippen LogP contribution in [0.3, 0.4) is 0 Å². The van der Waals surface area contributed by atoms with Crippen LogP contribution in [-0.4, -0.2) is 30.6 Å². The van der Waals surface area contributed by atoms with Crippen LogP contribution in [0.1, 0.15) is 19.4 Å². The number of nitrogens with zero attached hydrogens (tertiary/aromatic N) is 1. The largest absolute Gasteiger partial charge is 0.478 e. The Kier molecular flexibility index (Phi) is 5.30. The first-order valence-electron chi connectivity index (χ1n) is 8.51. The summed E-state index contributed by atoms with van der Waals surface area (Å²) < 4.78 is 5.96. The molecule has 0 spiro atoms. The number of amides is 1. The number of hydrogen-bond acceptors (Lipinski definition) is 3. The predicted molar refractivity (Wildman–Crippen MR) is 101 cm³/mol. The topological polar surface area (TPSA) is 41.6 Å². The third kappa shape index (κ3) is 3.80. The van der Waals surface area contributed by atoms with Gasteiger partial charge in [-0.3, -0.25) is 4.79 Å². The number of nitrogens with one attached hydrogen (secondary N) is 1. The zero-order valence-corrected chi connectivity index (χ0v) is 15.5. The van der Waals surface area contributed by atoms with Crippen molar-refractivity contribution >= 4 is 23.2 Å². The highest BCUT2D eigenvalue weighted by Gasteiger charge is 2.50. The van der Waals surface area contributed by atoms with E-state index in [2.05, 4.69) is 19.2 Å². The number of para-hydroxylation sites is 1. The van der Waals surface area contributed by atoms with E-state index >= 15 is 0 Å². The van der Waals surface area contributed by atoms with E-state index in [0.29, 0.717) is 23.4 Å². The molecule has 0 bridgehead atoms. The van der Waals surface area contributed by atoms with E-state index < -0.39 is 6.10 Å². The van der Waals surface area contributed by atoms with Crippen molar-refractivity contribution in [3.05, 3.63) is 59.1 Å². The van der Waals surface area contributed by atoms with Crippen LogP contribution in [0.5, 0.6) is 5.75 Å². The van der Waals surface area contributed by atoms with Crippen LogP contribution < -0.4 is 15.0 Å². The average molecular weight is 359 g/mol. The number of carbonyl (C=O) groups is 1. The first-order chi connectivity index (χ1) is 12.0. The lowest BCUT2D eigenvalue weighted by atomic mass is 9.94. The summed E-state index contributed by atoms with van der Waals surface area (Å²) in [7, 11) is 0. The first kappa shape index (κ1) is 17.8. The molecule has 2 aromatic rings. The molecule has 4 nitrogen and oxygen atoms in total. The average Bonchev–Trinajstić information content (AvgIpc) is 2.59. The number of benzene rings is 2. The van der Waals surface area contributed by atoms with Crippen LogP contribution >= 0.6 is 11.6 Å². The van der Waals surface area contributed by atoms with E-state index in [1.54, 1.807) is 24.3 Å². The fourth-order valence-electron chi connectivity index (χ4n) is 2.99. The zero-order valence-electron chi connectivity index (χ0n) is 14.7. The molecule has 1 fully saturated rings. The molecule has 5 heteroatoms. The van der Waals surface area contributed by atoms with Gasteiger partial charge in [-0.25, -0.2) is 0 Å². The van der Waals surface area contributed by atoms with Crippen molar-refractivity contribution < 1.29 is 9.53 Å². The second-order valence-electron chi connectivity index (χ2n) is 6.62. The first-order valence-corrected chi connectivity index (χ1v) is 8.89. The predicted octanol–water partition coefficient (Wildman–Crippen LogP) is 3.81. The van der Waals surface area contributed by atoms with E-state index in [1.165, 1.54) is 0 Å². The van der Waals surface area contributed by atoms with E-state index in [1.807, 2.05) is 36.1 Å². The Morgan fingerprint density at radius 2 is 1.84 bits per heavy atom. The third-order valence-electron chi connectivity index (χ3n) is 4.35. The molecule has 25 heavy (non-hydrogen) atoms. The number of ether oxygens (including phenoxy) is 1. The van der Waals surface area contributed by atoms with Crippen LogP contribution in [-0.2, 0) is 4.79 Å². The van der Waals surface area contributed by atoms with Crippen molar-refractivity contribution in [3.8, 4) is 5.75 Å². The van der Waals surface area contributed by atoms with Crippen molar-refractivity contribution in [2.45, 2.75) is 39.0 Å². The lowest BCUT2D eigenvalue weighted by Crippen LogP contribution is -2.70. The smallest absolute Gasteiger partial charge is 0.270 e. The minimum absolute atomic E-state index is 0.0141. The summed E-state index contributed by atoms with van der Waals surface area (Å²) in [4.78, 5) is 14.6. The van der Waals surface area contributed by atoms with Crippen LogP contribution in [0.4, 0.5) is 5.69 Å². The van der Waals surface area contributed by atoms with Gasteiger partial charge in [-0.1, -0.05) is 43.6 Å². The number of β-lactam (4-membered cyclic amide) rings is 1. The number of carbonyl (C=O) groups excluding carboxylic acids is 1. The van der Waals surface area contributed by atoms with E-state index in [9.17, 15) is 4.79 Å². The lowest BCUT2D eigenvalue weighted by molar-refractivity contribution is -0.134. The summed E-state index contributed by atoms with van der Waals surface area (Å²) >= 11 is 5.92. The van der Waals surface area contributed by atoms with Gasteiger partial charge in [-0.05, 0) is 42.8 Å². The third-order valence-corrected chi connectivity index (χ3v) is 4.60. The Bertz CT molecular complexity index is 746. The molecule has 0 aliphatic carbocycles. The van der Waals surface area contributed by atoms with Crippen molar-refractivity contribution in [3.63, 3.8) is 0 Å². The molecule has 0 unspecified atom stereocenters. The quantitative estimate of drug-likeness (QED) is 0.798. The molecule has 1 amide bonds. The van der Waals surface area contributed by atoms with Crippen molar-refractivity contribution in [2.75, 3.05) is 11.4 Å². The normalized spacial score (nSPS) is 19.9. The summed E-state index contributed by atoms with van der Waals surface area (Å²) in [6.45, 7) is 6.88. The van der Waals surface area contributed by atoms with Gasteiger partial charge in [0.05, 0.1) is 6.04 Å². The van der Waals surface area contributed by atoms with Gasteiger partial charge in [0.1, 0.15) is 5.75 Å². The zero-order chi connectivity index (χ0) is 18.0. The highest BCUT2D eigenvalue weighted by molar-refractivity contribution is 6.30. The molecule has 1 heterocycles. The Balaban J connectivity index is 1.81. The Morgan fingerprint density at radius 1 is 1.16 bits per heavy atom. The lowest BCUT2D eigenvalue weighted by Gasteiger charge is -2.47. The number of hydrogen-bond donors (Lipinski definition) is 1. The Hall–Kier alpha value is -2.04. The van der Waals surface area contributed by atoms with Gasteiger partial charge in [-0.15, -0.1) is 0 Å². The van der Waals surface area contributed by atoms with Crippen molar-refractivity contribution in [2.24, 2.45) is 0 Å². The summed E-state index contributed by atoms with van der Waals surface area (Å²) in [5, 5.41) is 4.06. The molecular weight excluding hydrogens is 336 g/mol. The molecule has 0 aromatic heterocycles.